The highest BCUT2D eigenvalue weighted by Crippen LogP contribution is 2.20. The number of anilines is 1. The molecule has 2 aromatic carbocycles. The minimum Gasteiger partial charge on any atom is -0.352 e. The number of benzene rings is 2. The van der Waals surface area contributed by atoms with Gasteiger partial charge in [0.15, 0.2) is 0 Å². The molecule has 0 aromatic heterocycles. The van der Waals surface area contributed by atoms with Crippen LogP contribution >= 0.6 is 11.6 Å². The molecule has 0 aliphatic rings. The Balaban J connectivity index is 2.26. The molecule has 0 aliphatic heterocycles. The number of carbonyl (C=O) groups excluding carboxylic acids is 2. The van der Waals surface area contributed by atoms with Gasteiger partial charge in [0.1, 0.15) is 0 Å². The molecule has 2 aromatic rings. The number of hydrogen-bond acceptors (Lipinski definition) is 2. The fourth-order valence-electron chi connectivity index (χ4n) is 2.23. The maximum absolute atomic E-state index is 12.5. The van der Waals surface area contributed by atoms with Crippen molar-refractivity contribution >= 4 is 29.1 Å². The van der Waals surface area contributed by atoms with Gasteiger partial charge in [-0.15, -0.1) is 0 Å². The monoisotopic (exact) mass is 330 g/mol. The van der Waals surface area contributed by atoms with Gasteiger partial charge in [-0.05, 0) is 62.2 Å². The van der Waals surface area contributed by atoms with Gasteiger partial charge in [-0.1, -0.05) is 17.7 Å². The molecule has 4 nitrogen and oxygen atoms in total. The Bertz CT molecular complexity index is 757. The first-order chi connectivity index (χ1) is 10.9. The minimum atomic E-state index is -0.227. The van der Waals surface area contributed by atoms with E-state index in [1.807, 2.05) is 26.8 Å². The molecule has 2 rings (SSSR count). The van der Waals surface area contributed by atoms with Crippen LogP contribution in [0.15, 0.2) is 36.4 Å². The Morgan fingerprint density at radius 3 is 2.39 bits per heavy atom. The average molecular weight is 331 g/mol. The fourth-order valence-corrected chi connectivity index (χ4v) is 2.46. The summed E-state index contributed by atoms with van der Waals surface area (Å²) in [6, 6.07) is 10.4. The molecule has 5 heteroatoms. The molecule has 0 saturated carbocycles. The molecular formula is C18H19ClN2O2. The fraction of sp³-hybridized carbons (Fsp3) is 0.222. The van der Waals surface area contributed by atoms with Crippen molar-refractivity contribution < 1.29 is 9.59 Å². The molecule has 120 valence electrons. The molecule has 2 amide bonds. The highest BCUT2D eigenvalue weighted by Gasteiger charge is 2.13. The minimum absolute atomic E-state index is 0.161. The van der Waals surface area contributed by atoms with Crippen molar-refractivity contribution in [3.8, 4) is 0 Å². The van der Waals surface area contributed by atoms with Crippen LogP contribution in [0.25, 0.3) is 0 Å². The standard InChI is InChI=1S/C18H19ClN2O2/c1-4-20-17(22)13-6-5-11(2)16(10-13)21-18(23)15-8-7-14(19)9-12(15)3/h5-10H,4H2,1-3H3,(H,20,22)(H,21,23). The zero-order chi connectivity index (χ0) is 17.0. The number of nitrogens with one attached hydrogen (secondary N) is 2. The zero-order valence-corrected chi connectivity index (χ0v) is 14.1. The van der Waals surface area contributed by atoms with Crippen LogP contribution in [0.5, 0.6) is 0 Å². The van der Waals surface area contributed by atoms with E-state index in [4.69, 9.17) is 11.6 Å². The van der Waals surface area contributed by atoms with Gasteiger partial charge < -0.3 is 10.6 Å². The van der Waals surface area contributed by atoms with Gasteiger partial charge in [-0.2, -0.15) is 0 Å². The molecule has 0 aliphatic carbocycles. The predicted molar refractivity (Wildman–Crippen MR) is 93.3 cm³/mol. The lowest BCUT2D eigenvalue weighted by molar-refractivity contribution is 0.0954. The molecule has 23 heavy (non-hydrogen) atoms. The summed E-state index contributed by atoms with van der Waals surface area (Å²) in [5.74, 6) is -0.388. The van der Waals surface area contributed by atoms with E-state index in [2.05, 4.69) is 10.6 Å². The summed E-state index contributed by atoms with van der Waals surface area (Å²) < 4.78 is 0. The molecule has 0 unspecified atom stereocenters. The summed E-state index contributed by atoms with van der Waals surface area (Å²) in [5.41, 5.74) is 3.37. The average Bonchev–Trinajstić information content (AvgIpc) is 2.49. The number of hydrogen-bond donors (Lipinski definition) is 2. The Hall–Kier alpha value is -2.33. The quantitative estimate of drug-likeness (QED) is 0.891. The highest BCUT2D eigenvalue weighted by atomic mass is 35.5. The number of carbonyl (C=O) groups is 2. The van der Waals surface area contributed by atoms with E-state index in [1.54, 1.807) is 30.3 Å². The predicted octanol–water partition coefficient (Wildman–Crippen LogP) is 3.96. The van der Waals surface area contributed by atoms with Crippen LogP contribution in [0, 0.1) is 13.8 Å². The molecule has 2 N–H and O–H groups in total. The van der Waals surface area contributed by atoms with E-state index in [-0.39, 0.29) is 11.8 Å². The number of aryl methyl sites for hydroxylation is 2. The van der Waals surface area contributed by atoms with Gasteiger partial charge in [0, 0.05) is 28.4 Å². The van der Waals surface area contributed by atoms with Crippen molar-refractivity contribution in [2.75, 3.05) is 11.9 Å². The third-order valence-corrected chi connectivity index (χ3v) is 3.75. The van der Waals surface area contributed by atoms with Gasteiger partial charge in [-0.3, -0.25) is 9.59 Å². The third-order valence-electron chi connectivity index (χ3n) is 3.52. The maximum atomic E-state index is 12.5. The first-order valence-electron chi connectivity index (χ1n) is 7.38. The highest BCUT2D eigenvalue weighted by molar-refractivity contribution is 6.30. The second-order valence-electron chi connectivity index (χ2n) is 5.30. The Labute approximate surface area is 140 Å². The van der Waals surface area contributed by atoms with Crippen molar-refractivity contribution in [3.05, 3.63) is 63.7 Å². The smallest absolute Gasteiger partial charge is 0.255 e. The normalized spacial score (nSPS) is 10.3. The van der Waals surface area contributed by atoms with Gasteiger partial charge in [0.2, 0.25) is 0 Å². The van der Waals surface area contributed by atoms with E-state index in [0.717, 1.165) is 11.1 Å². The molecular weight excluding hydrogens is 312 g/mol. The molecule has 0 heterocycles. The SMILES string of the molecule is CCNC(=O)c1ccc(C)c(NC(=O)c2ccc(Cl)cc2C)c1. The van der Waals surface area contributed by atoms with Crippen LogP contribution < -0.4 is 10.6 Å². The summed E-state index contributed by atoms with van der Waals surface area (Å²) in [6.07, 6.45) is 0. The zero-order valence-electron chi connectivity index (χ0n) is 13.4. The largest absolute Gasteiger partial charge is 0.352 e. The summed E-state index contributed by atoms with van der Waals surface area (Å²) in [4.78, 5) is 24.4. The summed E-state index contributed by atoms with van der Waals surface area (Å²) in [6.45, 7) is 6.13. The number of amides is 2. The first-order valence-corrected chi connectivity index (χ1v) is 7.76. The Morgan fingerprint density at radius 1 is 1.00 bits per heavy atom. The topological polar surface area (TPSA) is 58.2 Å². The number of rotatable bonds is 4. The van der Waals surface area contributed by atoms with E-state index < -0.39 is 0 Å². The molecule has 0 fully saturated rings. The number of halogens is 1. The van der Waals surface area contributed by atoms with Crippen LogP contribution in [0.3, 0.4) is 0 Å². The lowest BCUT2D eigenvalue weighted by Gasteiger charge is -2.12. The first kappa shape index (κ1) is 17.0. The van der Waals surface area contributed by atoms with Gasteiger partial charge in [0.05, 0.1) is 0 Å². The maximum Gasteiger partial charge on any atom is 0.255 e. The van der Waals surface area contributed by atoms with Crippen LogP contribution in [-0.4, -0.2) is 18.4 Å². The van der Waals surface area contributed by atoms with Crippen molar-refractivity contribution in [3.63, 3.8) is 0 Å². The third kappa shape index (κ3) is 4.11. The van der Waals surface area contributed by atoms with Crippen LogP contribution in [0.2, 0.25) is 5.02 Å². The van der Waals surface area contributed by atoms with E-state index >= 15 is 0 Å². The Morgan fingerprint density at radius 2 is 1.74 bits per heavy atom. The van der Waals surface area contributed by atoms with E-state index in [9.17, 15) is 9.59 Å². The van der Waals surface area contributed by atoms with Crippen molar-refractivity contribution in [1.29, 1.82) is 0 Å². The van der Waals surface area contributed by atoms with Gasteiger partial charge >= 0.3 is 0 Å². The second kappa shape index (κ2) is 7.29. The van der Waals surface area contributed by atoms with E-state index in [1.165, 1.54) is 0 Å². The van der Waals surface area contributed by atoms with Crippen molar-refractivity contribution in [2.45, 2.75) is 20.8 Å². The summed E-state index contributed by atoms with van der Waals surface area (Å²) in [7, 11) is 0. The van der Waals surface area contributed by atoms with Crippen molar-refractivity contribution in [2.24, 2.45) is 0 Å². The van der Waals surface area contributed by atoms with Crippen LogP contribution in [0.4, 0.5) is 5.69 Å². The lowest BCUT2D eigenvalue weighted by atomic mass is 10.1. The summed E-state index contributed by atoms with van der Waals surface area (Å²) >= 11 is 5.92. The van der Waals surface area contributed by atoms with Crippen molar-refractivity contribution in [1.82, 2.24) is 5.32 Å². The molecule has 0 bridgehead atoms. The summed E-state index contributed by atoms with van der Waals surface area (Å²) in [5, 5.41) is 6.20. The second-order valence-corrected chi connectivity index (χ2v) is 5.74. The van der Waals surface area contributed by atoms with Crippen LogP contribution in [-0.2, 0) is 0 Å². The van der Waals surface area contributed by atoms with E-state index in [0.29, 0.717) is 28.4 Å². The molecule has 0 saturated heterocycles. The molecule has 0 radical (unpaired) electrons. The van der Waals surface area contributed by atoms with Crippen LogP contribution in [0.1, 0.15) is 38.8 Å². The Kier molecular flexibility index (Phi) is 5.40. The van der Waals surface area contributed by atoms with Gasteiger partial charge in [0.25, 0.3) is 11.8 Å². The lowest BCUT2D eigenvalue weighted by Crippen LogP contribution is -2.23. The molecule has 0 atom stereocenters. The molecule has 0 spiro atoms. The van der Waals surface area contributed by atoms with Gasteiger partial charge in [-0.25, -0.2) is 0 Å².